The second-order valence-corrected chi connectivity index (χ2v) is 8.08. The fraction of sp³-hybridized carbons (Fsp3) is 0.333. The van der Waals surface area contributed by atoms with E-state index in [1.165, 1.54) is 6.08 Å². The first-order valence-electron chi connectivity index (χ1n) is 9.84. The molecule has 0 saturated heterocycles. The van der Waals surface area contributed by atoms with Crippen LogP contribution in [-0.2, 0) is 27.3 Å². The Labute approximate surface area is 177 Å². The largest absolute Gasteiger partial charge is 0.497 e. The van der Waals surface area contributed by atoms with Crippen molar-refractivity contribution in [3.63, 3.8) is 0 Å². The molecule has 30 heavy (non-hydrogen) atoms. The van der Waals surface area contributed by atoms with Gasteiger partial charge in [0.05, 0.1) is 7.11 Å². The van der Waals surface area contributed by atoms with Crippen LogP contribution in [0.1, 0.15) is 31.9 Å². The number of rotatable bonds is 6. The predicted octanol–water partition coefficient (Wildman–Crippen LogP) is 4.48. The summed E-state index contributed by atoms with van der Waals surface area (Å²) in [5.74, 6) is 0.771. The molecule has 158 valence electrons. The third kappa shape index (κ3) is 5.41. The van der Waals surface area contributed by atoms with Gasteiger partial charge < -0.3 is 14.2 Å². The van der Waals surface area contributed by atoms with E-state index in [2.05, 4.69) is 0 Å². The molecular formula is C24H27NO5. The van der Waals surface area contributed by atoms with Crippen molar-refractivity contribution < 1.29 is 23.8 Å². The number of carbonyl (C=O) groups excluding carboxylic acids is 2. The zero-order valence-electron chi connectivity index (χ0n) is 17.8. The highest BCUT2D eigenvalue weighted by molar-refractivity contribution is 6.02. The highest BCUT2D eigenvalue weighted by Crippen LogP contribution is 2.27. The van der Waals surface area contributed by atoms with Gasteiger partial charge >= 0.3 is 6.09 Å². The molecule has 0 aliphatic carbocycles. The van der Waals surface area contributed by atoms with Gasteiger partial charge in [-0.15, -0.1) is 0 Å². The van der Waals surface area contributed by atoms with Crippen molar-refractivity contribution >= 4 is 12.0 Å². The SMILES string of the molecule is COc1ccc(COC2=CC(=O)N(C(=O)OC(C)(C)C)C2Cc2ccccc2)cc1. The monoisotopic (exact) mass is 409 g/mol. The van der Waals surface area contributed by atoms with E-state index in [4.69, 9.17) is 14.2 Å². The number of benzene rings is 2. The number of amides is 2. The third-order valence-electron chi connectivity index (χ3n) is 4.57. The number of imide groups is 1. The first kappa shape index (κ1) is 21.4. The molecule has 1 atom stereocenters. The molecule has 0 fully saturated rings. The lowest BCUT2D eigenvalue weighted by Gasteiger charge is -2.28. The Morgan fingerprint density at radius 1 is 1.00 bits per heavy atom. The quantitative estimate of drug-likeness (QED) is 0.704. The number of carbonyl (C=O) groups is 2. The van der Waals surface area contributed by atoms with Crippen molar-refractivity contribution in [1.29, 1.82) is 0 Å². The molecule has 6 heteroatoms. The lowest BCUT2D eigenvalue weighted by atomic mass is 10.0. The average Bonchev–Trinajstić information content (AvgIpc) is 3.01. The van der Waals surface area contributed by atoms with E-state index in [1.807, 2.05) is 54.6 Å². The fourth-order valence-electron chi connectivity index (χ4n) is 3.15. The first-order valence-corrected chi connectivity index (χ1v) is 9.84. The normalized spacial score (nSPS) is 16.3. The van der Waals surface area contributed by atoms with Crippen molar-refractivity contribution in [3.8, 4) is 5.75 Å². The summed E-state index contributed by atoms with van der Waals surface area (Å²) in [5, 5.41) is 0. The van der Waals surface area contributed by atoms with E-state index in [0.29, 0.717) is 12.2 Å². The standard InChI is InChI=1S/C24H27NO5/c1-24(2,3)30-23(27)25-20(14-17-8-6-5-7-9-17)21(15-22(25)26)29-16-18-10-12-19(28-4)13-11-18/h5-13,15,20H,14,16H2,1-4H3. The van der Waals surface area contributed by atoms with E-state index in [-0.39, 0.29) is 6.61 Å². The van der Waals surface area contributed by atoms with Gasteiger partial charge in [0.15, 0.2) is 0 Å². The molecule has 2 aromatic rings. The summed E-state index contributed by atoms with van der Waals surface area (Å²) in [5.41, 5.74) is 1.21. The van der Waals surface area contributed by atoms with Gasteiger partial charge in [0.25, 0.3) is 5.91 Å². The molecule has 1 aliphatic heterocycles. The fourth-order valence-corrected chi connectivity index (χ4v) is 3.15. The van der Waals surface area contributed by atoms with Gasteiger partial charge in [-0.25, -0.2) is 9.69 Å². The molecule has 0 spiro atoms. The van der Waals surface area contributed by atoms with E-state index < -0.39 is 23.6 Å². The van der Waals surface area contributed by atoms with Crippen LogP contribution in [0.25, 0.3) is 0 Å². The molecule has 0 aromatic heterocycles. The Morgan fingerprint density at radius 2 is 1.67 bits per heavy atom. The van der Waals surface area contributed by atoms with Gasteiger partial charge in [-0.2, -0.15) is 0 Å². The van der Waals surface area contributed by atoms with E-state index in [9.17, 15) is 9.59 Å². The Balaban J connectivity index is 1.79. The molecule has 0 bridgehead atoms. The van der Waals surface area contributed by atoms with Crippen LogP contribution >= 0.6 is 0 Å². The maximum absolute atomic E-state index is 12.7. The Hall–Kier alpha value is -3.28. The highest BCUT2D eigenvalue weighted by atomic mass is 16.6. The van der Waals surface area contributed by atoms with Crippen molar-refractivity contribution in [2.75, 3.05) is 7.11 Å². The number of hydrogen-bond acceptors (Lipinski definition) is 5. The second kappa shape index (κ2) is 9.03. The Kier molecular flexibility index (Phi) is 6.45. The van der Waals surface area contributed by atoms with Gasteiger partial charge in [-0.3, -0.25) is 4.79 Å². The maximum Gasteiger partial charge on any atom is 0.418 e. The van der Waals surface area contributed by atoms with Gasteiger partial charge in [0.2, 0.25) is 0 Å². The minimum atomic E-state index is -0.707. The molecule has 2 amide bonds. The third-order valence-corrected chi connectivity index (χ3v) is 4.57. The second-order valence-electron chi connectivity index (χ2n) is 8.08. The van der Waals surface area contributed by atoms with Crippen LogP contribution in [0.2, 0.25) is 0 Å². The molecule has 1 heterocycles. The molecular weight excluding hydrogens is 382 g/mol. The molecule has 6 nitrogen and oxygen atoms in total. The van der Waals surface area contributed by atoms with Crippen molar-refractivity contribution in [1.82, 2.24) is 4.90 Å². The van der Waals surface area contributed by atoms with Gasteiger partial charge in [0, 0.05) is 12.5 Å². The lowest BCUT2D eigenvalue weighted by Crippen LogP contribution is -2.44. The van der Waals surface area contributed by atoms with Crippen LogP contribution in [0.15, 0.2) is 66.4 Å². The Bertz CT molecular complexity index is 913. The lowest BCUT2D eigenvalue weighted by molar-refractivity contribution is -0.125. The van der Waals surface area contributed by atoms with Crippen LogP contribution in [0.3, 0.4) is 0 Å². The summed E-state index contributed by atoms with van der Waals surface area (Å²) < 4.78 is 16.6. The summed E-state index contributed by atoms with van der Waals surface area (Å²) in [6.45, 7) is 5.58. The molecule has 0 N–H and O–H groups in total. The maximum atomic E-state index is 12.7. The molecule has 0 saturated carbocycles. The summed E-state index contributed by atoms with van der Waals surface area (Å²) in [6.07, 6.45) is 1.15. The van der Waals surface area contributed by atoms with Crippen LogP contribution in [-0.4, -0.2) is 35.7 Å². The molecule has 3 rings (SSSR count). The summed E-state index contributed by atoms with van der Waals surface area (Å²) in [7, 11) is 1.61. The number of ether oxygens (including phenoxy) is 3. The molecule has 1 unspecified atom stereocenters. The number of hydrogen-bond donors (Lipinski definition) is 0. The Morgan fingerprint density at radius 3 is 2.27 bits per heavy atom. The van der Waals surface area contributed by atoms with Crippen LogP contribution in [0, 0.1) is 0 Å². The van der Waals surface area contributed by atoms with Crippen molar-refractivity contribution in [2.24, 2.45) is 0 Å². The van der Waals surface area contributed by atoms with Gasteiger partial charge in [0.1, 0.15) is 29.8 Å². The smallest absolute Gasteiger partial charge is 0.418 e. The topological polar surface area (TPSA) is 65.1 Å². The molecule has 2 aromatic carbocycles. The minimum absolute atomic E-state index is 0.274. The zero-order valence-corrected chi connectivity index (χ0v) is 17.8. The van der Waals surface area contributed by atoms with Crippen LogP contribution < -0.4 is 4.74 Å². The summed E-state index contributed by atoms with van der Waals surface area (Å²) in [4.78, 5) is 26.5. The zero-order chi connectivity index (χ0) is 21.7. The number of methoxy groups -OCH3 is 1. The van der Waals surface area contributed by atoms with Crippen molar-refractivity contribution in [2.45, 2.75) is 45.4 Å². The summed E-state index contributed by atoms with van der Waals surface area (Å²) in [6, 6.07) is 16.6. The van der Waals surface area contributed by atoms with Gasteiger partial charge in [-0.05, 0) is 44.0 Å². The van der Waals surface area contributed by atoms with Crippen molar-refractivity contribution in [3.05, 3.63) is 77.6 Å². The highest BCUT2D eigenvalue weighted by Gasteiger charge is 2.41. The first-order chi connectivity index (χ1) is 14.3. The van der Waals surface area contributed by atoms with E-state index >= 15 is 0 Å². The van der Waals surface area contributed by atoms with Crippen LogP contribution in [0.5, 0.6) is 5.75 Å². The predicted molar refractivity (Wildman–Crippen MR) is 113 cm³/mol. The van der Waals surface area contributed by atoms with E-state index in [1.54, 1.807) is 27.9 Å². The average molecular weight is 409 g/mol. The number of nitrogens with zero attached hydrogens (tertiary/aromatic N) is 1. The minimum Gasteiger partial charge on any atom is -0.497 e. The van der Waals surface area contributed by atoms with E-state index in [0.717, 1.165) is 21.8 Å². The van der Waals surface area contributed by atoms with Crippen LogP contribution in [0.4, 0.5) is 4.79 Å². The molecule has 0 radical (unpaired) electrons. The molecule has 1 aliphatic rings. The summed E-state index contributed by atoms with van der Waals surface area (Å²) >= 11 is 0. The van der Waals surface area contributed by atoms with Gasteiger partial charge in [-0.1, -0.05) is 42.5 Å².